The number of oxazole rings is 1. The van der Waals surface area contributed by atoms with Gasteiger partial charge in [0.15, 0.2) is 11.2 Å². The Balaban J connectivity index is 1.63. The summed E-state index contributed by atoms with van der Waals surface area (Å²) in [5, 5.41) is 13.8. The molecule has 0 unspecified atom stereocenters. The van der Waals surface area contributed by atoms with Crippen molar-refractivity contribution in [2.45, 2.75) is 13.8 Å². The van der Waals surface area contributed by atoms with Crippen molar-refractivity contribution in [1.82, 2.24) is 9.97 Å². The van der Waals surface area contributed by atoms with Gasteiger partial charge in [0.1, 0.15) is 0 Å². The number of hydrogen-bond acceptors (Lipinski definition) is 6. The number of amides is 1. The van der Waals surface area contributed by atoms with E-state index < -0.39 is 4.92 Å². The Morgan fingerprint density at radius 1 is 1.10 bits per heavy atom. The maximum absolute atomic E-state index is 12.7. The molecule has 0 aliphatic heterocycles. The van der Waals surface area contributed by atoms with Crippen LogP contribution < -0.4 is 5.32 Å². The summed E-state index contributed by atoms with van der Waals surface area (Å²) < 4.78 is 5.74. The van der Waals surface area contributed by atoms with Crippen LogP contribution in [-0.2, 0) is 0 Å². The topological polar surface area (TPSA) is 111 Å². The van der Waals surface area contributed by atoms with E-state index in [0.717, 1.165) is 5.56 Å². The van der Waals surface area contributed by atoms with Gasteiger partial charge in [-0.1, -0.05) is 6.07 Å². The number of aryl methyl sites for hydroxylation is 2. The van der Waals surface area contributed by atoms with Crippen molar-refractivity contribution in [3.63, 3.8) is 0 Å². The minimum atomic E-state index is -0.472. The van der Waals surface area contributed by atoms with Crippen molar-refractivity contribution >= 4 is 28.5 Å². The predicted molar refractivity (Wildman–Crippen MR) is 108 cm³/mol. The van der Waals surface area contributed by atoms with Crippen LogP contribution in [-0.4, -0.2) is 20.8 Å². The van der Waals surface area contributed by atoms with Crippen molar-refractivity contribution < 1.29 is 14.1 Å². The van der Waals surface area contributed by atoms with E-state index in [2.05, 4.69) is 15.3 Å². The molecule has 0 saturated carbocycles. The van der Waals surface area contributed by atoms with E-state index in [1.807, 2.05) is 19.1 Å². The normalized spacial score (nSPS) is 10.8. The Kier molecular flexibility index (Phi) is 4.52. The third-order valence-electron chi connectivity index (χ3n) is 4.55. The van der Waals surface area contributed by atoms with Gasteiger partial charge in [0.25, 0.3) is 11.6 Å². The number of nitro groups is 1. The first kappa shape index (κ1) is 18.3. The summed E-state index contributed by atoms with van der Waals surface area (Å²) in [5.74, 6) is 0.0443. The third-order valence-corrected chi connectivity index (χ3v) is 4.55. The number of anilines is 1. The van der Waals surface area contributed by atoms with Crippen LogP contribution in [0, 0.1) is 24.0 Å². The number of benzene rings is 2. The maximum atomic E-state index is 12.7. The van der Waals surface area contributed by atoms with Crippen LogP contribution in [0.4, 0.5) is 11.4 Å². The Bertz CT molecular complexity index is 1230. The Morgan fingerprint density at radius 2 is 1.93 bits per heavy atom. The van der Waals surface area contributed by atoms with Crippen molar-refractivity contribution in [1.29, 1.82) is 0 Å². The van der Waals surface area contributed by atoms with Crippen molar-refractivity contribution in [3.05, 3.63) is 81.5 Å². The molecular formula is C21H16N4O4. The molecule has 0 aliphatic carbocycles. The van der Waals surface area contributed by atoms with Gasteiger partial charge in [-0.25, -0.2) is 4.98 Å². The second-order valence-electron chi connectivity index (χ2n) is 6.59. The highest BCUT2D eigenvalue weighted by molar-refractivity contribution is 6.05. The van der Waals surface area contributed by atoms with E-state index in [-0.39, 0.29) is 11.6 Å². The number of nitrogens with one attached hydrogen (secondary N) is 1. The number of rotatable bonds is 4. The van der Waals surface area contributed by atoms with Crippen LogP contribution in [0.15, 0.2) is 59.1 Å². The summed E-state index contributed by atoms with van der Waals surface area (Å²) in [7, 11) is 0. The summed E-state index contributed by atoms with van der Waals surface area (Å²) in [4.78, 5) is 31.7. The largest absolute Gasteiger partial charge is 0.434 e. The number of fused-ring (bicyclic) bond motifs is 1. The van der Waals surface area contributed by atoms with Gasteiger partial charge >= 0.3 is 0 Å². The van der Waals surface area contributed by atoms with Crippen LogP contribution in [0.1, 0.15) is 21.5 Å². The molecule has 4 aromatic rings. The standard InChI is InChI=1S/C21H16N4O4/c1-12-5-6-15(21-24-19-18(29-21)4-3-9-22-19)11-16(12)23-20(26)14-7-8-17(25(27)28)13(2)10-14/h3-11H,1-2H3,(H,23,26). The molecule has 0 radical (unpaired) electrons. The van der Waals surface area contributed by atoms with Crippen LogP contribution in [0.2, 0.25) is 0 Å². The molecule has 2 aromatic heterocycles. The van der Waals surface area contributed by atoms with E-state index >= 15 is 0 Å². The zero-order valence-electron chi connectivity index (χ0n) is 15.7. The highest BCUT2D eigenvalue weighted by Crippen LogP contribution is 2.28. The fourth-order valence-corrected chi connectivity index (χ4v) is 2.98. The Morgan fingerprint density at radius 3 is 2.66 bits per heavy atom. The molecule has 2 aromatic carbocycles. The molecular weight excluding hydrogens is 372 g/mol. The van der Waals surface area contributed by atoms with Crippen LogP contribution in [0.3, 0.4) is 0 Å². The minimum Gasteiger partial charge on any atom is -0.434 e. The number of nitrogens with zero attached hydrogens (tertiary/aromatic N) is 3. The molecule has 0 fully saturated rings. The molecule has 2 heterocycles. The summed E-state index contributed by atoms with van der Waals surface area (Å²) >= 11 is 0. The first-order valence-electron chi connectivity index (χ1n) is 8.81. The van der Waals surface area contributed by atoms with Gasteiger partial charge in [-0.3, -0.25) is 14.9 Å². The van der Waals surface area contributed by atoms with Crippen LogP contribution >= 0.6 is 0 Å². The Labute approximate surface area is 165 Å². The zero-order valence-corrected chi connectivity index (χ0v) is 15.7. The number of hydrogen-bond donors (Lipinski definition) is 1. The number of carbonyl (C=O) groups is 1. The summed E-state index contributed by atoms with van der Waals surface area (Å²) in [5.41, 5.74) is 3.97. The molecule has 8 nitrogen and oxygen atoms in total. The highest BCUT2D eigenvalue weighted by Gasteiger charge is 2.16. The van der Waals surface area contributed by atoms with Crippen LogP contribution in [0.25, 0.3) is 22.7 Å². The second-order valence-corrected chi connectivity index (χ2v) is 6.59. The molecule has 4 rings (SSSR count). The van der Waals surface area contributed by atoms with Crippen molar-refractivity contribution in [2.75, 3.05) is 5.32 Å². The van der Waals surface area contributed by atoms with Gasteiger partial charge in [-0.2, -0.15) is 4.98 Å². The molecule has 1 amide bonds. The van der Waals surface area contributed by atoms with Crippen molar-refractivity contribution in [2.24, 2.45) is 0 Å². The van der Waals surface area contributed by atoms with Gasteiger partial charge < -0.3 is 9.73 Å². The summed E-state index contributed by atoms with van der Waals surface area (Å²) in [6, 6.07) is 13.3. The minimum absolute atomic E-state index is 0.0238. The Hall–Kier alpha value is -4.07. The lowest BCUT2D eigenvalue weighted by molar-refractivity contribution is -0.385. The highest BCUT2D eigenvalue weighted by atomic mass is 16.6. The number of aromatic nitrogens is 2. The smallest absolute Gasteiger partial charge is 0.272 e. The van der Waals surface area contributed by atoms with Gasteiger partial charge in [0.2, 0.25) is 5.89 Å². The van der Waals surface area contributed by atoms with Gasteiger partial charge in [-0.15, -0.1) is 0 Å². The van der Waals surface area contributed by atoms with E-state index in [4.69, 9.17) is 4.42 Å². The SMILES string of the molecule is Cc1ccc(-c2nc3ncccc3o2)cc1NC(=O)c1ccc([N+](=O)[O-])c(C)c1. The van der Waals surface area contributed by atoms with Gasteiger partial charge in [0, 0.05) is 34.6 Å². The number of pyridine rings is 1. The molecule has 1 N–H and O–H groups in total. The molecule has 0 spiro atoms. The lowest BCUT2D eigenvalue weighted by atomic mass is 10.1. The first-order valence-corrected chi connectivity index (χ1v) is 8.81. The monoisotopic (exact) mass is 388 g/mol. The number of nitro benzene ring substituents is 1. The number of carbonyl (C=O) groups excluding carboxylic acids is 1. The third kappa shape index (κ3) is 3.55. The molecule has 144 valence electrons. The predicted octanol–water partition coefficient (Wildman–Crippen LogP) is 4.67. The zero-order chi connectivity index (χ0) is 20.5. The summed E-state index contributed by atoms with van der Waals surface area (Å²) in [6.07, 6.45) is 1.64. The molecule has 0 aliphatic rings. The molecule has 0 atom stereocenters. The lowest BCUT2D eigenvalue weighted by Crippen LogP contribution is -2.13. The average molecular weight is 388 g/mol. The van der Waals surface area contributed by atoms with E-state index in [1.165, 1.54) is 18.2 Å². The summed E-state index contributed by atoms with van der Waals surface area (Å²) in [6.45, 7) is 3.47. The molecule has 8 heteroatoms. The molecule has 29 heavy (non-hydrogen) atoms. The van der Waals surface area contributed by atoms with Gasteiger partial charge in [-0.05, 0) is 55.8 Å². The fourth-order valence-electron chi connectivity index (χ4n) is 2.98. The molecule has 0 saturated heterocycles. The van der Waals surface area contributed by atoms with E-state index in [0.29, 0.717) is 39.5 Å². The van der Waals surface area contributed by atoms with E-state index in [9.17, 15) is 14.9 Å². The maximum Gasteiger partial charge on any atom is 0.272 e. The first-order chi connectivity index (χ1) is 13.9. The quantitative estimate of drug-likeness (QED) is 0.402. The van der Waals surface area contributed by atoms with Gasteiger partial charge in [0.05, 0.1) is 4.92 Å². The fraction of sp³-hybridized carbons (Fsp3) is 0.0952. The second kappa shape index (κ2) is 7.16. The van der Waals surface area contributed by atoms with E-state index in [1.54, 1.807) is 31.3 Å². The average Bonchev–Trinajstić information content (AvgIpc) is 3.13. The lowest BCUT2D eigenvalue weighted by Gasteiger charge is -2.10. The molecule has 0 bridgehead atoms. The van der Waals surface area contributed by atoms with Crippen molar-refractivity contribution in [3.8, 4) is 11.5 Å². The van der Waals surface area contributed by atoms with Crippen LogP contribution in [0.5, 0.6) is 0 Å².